The van der Waals surface area contributed by atoms with Crippen molar-refractivity contribution in [2.75, 3.05) is 19.6 Å². The van der Waals surface area contributed by atoms with Crippen LogP contribution in [0.4, 0.5) is 5.69 Å². The number of nitro benzene ring substituents is 1. The van der Waals surface area contributed by atoms with Crippen LogP contribution in [0.1, 0.15) is 41.6 Å². The average Bonchev–Trinajstić information content (AvgIpc) is 2.82. The number of para-hydroxylation sites is 2. The molecule has 0 spiro atoms. The molecule has 172 valence electrons. The number of aryl methyl sites for hydroxylation is 1. The molecule has 33 heavy (non-hydrogen) atoms. The van der Waals surface area contributed by atoms with Gasteiger partial charge >= 0.3 is 0 Å². The molecule has 0 saturated heterocycles. The third-order valence-corrected chi connectivity index (χ3v) is 5.52. The number of rotatable bonds is 9. The zero-order chi connectivity index (χ0) is 24.0. The highest BCUT2D eigenvalue weighted by atomic mass is 16.6. The molecule has 1 atom stereocenters. The van der Waals surface area contributed by atoms with E-state index < -0.39 is 16.3 Å². The van der Waals surface area contributed by atoms with Crippen LogP contribution in [-0.4, -0.2) is 45.1 Å². The Balaban J connectivity index is 1.92. The maximum Gasteiger partial charge on any atom is 0.294 e. The Bertz CT molecular complexity index is 1190. The molecule has 0 bridgehead atoms. The number of aromatic nitrogens is 2. The van der Waals surface area contributed by atoms with E-state index in [1.54, 1.807) is 19.1 Å². The SMILES string of the molecule is CCN(CC)C(CNC(=O)c1nn(-c2ccccc2[N+](=O)[O-])c(C)cc1=O)c1ccccc1. The number of benzene rings is 2. The van der Waals surface area contributed by atoms with E-state index in [9.17, 15) is 19.7 Å². The monoisotopic (exact) mass is 449 g/mol. The van der Waals surface area contributed by atoms with Gasteiger partial charge in [0, 0.05) is 24.4 Å². The van der Waals surface area contributed by atoms with Crippen molar-refractivity contribution < 1.29 is 9.72 Å². The first-order valence-corrected chi connectivity index (χ1v) is 10.8. The van der Waals surface area contributed by atoms with Crippen molar-refractivity contribution in [1.82, 2.24) is 20.0 Å². The molecule has 1 unspecified atom stereocenters. The Morgan fingerprint density at radius 1 is 1.12 bits per heavy atom. The Kier molecular flexibility index (Phi) is 7.68. The Morgan fingerprint density at radius 3 is 2.39 bits per heavy atom. The van der Waals surface area contributed by atoms with E-state index in [0.717, 1.165) is 18.7 Å². The van der Waals surface area contributed by atoms with E-state index in [2.05, 4.69) is 15.3 Å². The van der Waals surface area contributed by atoms with Crippen molar-refractivity contribution in [3.8, 4) is 5.69 Å². The topological polar surface area (TPSA) is 110 Å². The molecule has 2 aromatic carbocycles. The molecule has 1 amide bonds. The van der Waals surface area contributed by atoms with E-state index >= 15 is 0 Å². The fourth-order valence-electron chi connectivity index (χ4n) is 3.82. The number of amides is 1. The Hall–Kier alpha value is -3.85. The molecule has 1 aromatic heterocycles. The highest BCUT2D eigenvalue weighted by Crippen LogP contribution is 2.22. The zero-order valence-corrected chi connectivity index (χ0v) is 18.9. The summed E-state index contributed by atoms with van der Waals surface area (Å²) in [7, 11) is 0. The van der Waals surface area contributed by atoms with Crippen molar-refractivity contribution in [3.05, 3.63) is 98.0 Å². The molecule has 1 heterocycles. The second-order valence-corrected chi connectivity index (χ2v) is 7.51. The van der Waals surface area contributed by atoms with Crippen molar-refractivity contribution >= 4 is 11.6 Å². The number of nitro groups is 1. The molecule has 9 nitrogen and oxygen atoms in total. The van der Waals surface area contributed by atoms with Gasteiger partial charge in [0.1, 0.15) is 5.69 Å². The lowest BCUT2D eigenvalue weighted by molar-refractivity contribution is -0.384. The number of carbonyl (C=O) groups is 1. The molecule has 9 heteroatoms. The number of hydrogen-bond acceptors (Lipinski definition) is 6. The van der Waals surface area contributed by atoms with Crippen molar-refractivity contribution in [1.29, 1.82) is 0 Å². The number of carbonyl (C=O) groups excluding carboxylic acids is 1. The van der Waals surface area contributed by atoms with Crippen LogP contribution in [0.5, 0.6) is 0 Å². The van der Waals surface area contributed by atoms with Crippen LogP contribution in [0.3, 0.4) is 0 Å². The zero-order valence-electron chi connectivity index (χ0n) is 18.9. The minimum atomic E-state index is -0.625. The molecule has 0 aliphatic rings. The minimum absolute atomic E-state index is 0.0759. The molecule has 0 radical (unpaired) electrons. The molecular formula is C24H27N5O4. The first-order valence-electron chi connectivity index (χ1n) is 10.8. The maximum absolute atomic E-state index is 13.0. The molecule has 0 saturated carbocycles. The average molecular weight is 450 g/mol. The fourth-order valence-corrected chi connectivity index (χ4v) is 3.82. The van der Waals surface area contributed by atoms with E-state index in [4.69, 9.17) is 0 Å². The molecule has 3 aromatic rings. The van der Waals surface area contributed by atoms with Crippen molar-refractivity contribution in [2.45, 2.75) is 26.8 Å². The first-order chi connectivity index (χ1) is 15.9. The molecule has 0 fully saturated rings. The van der Waals surface area contributed by atoms with Gasteiger partial charge in [-0.3, -0.25) is 24.6 Å². The fraction of sp³-hybridized carbons (Fsp3) is 0.292. The van der Waals surface area contributed by atoms with Gasteiger partial charge in [0.2, 0.25) is 5.43 Å². The van der Waals surface area contributed by atoms with Crippen molar-refractivity contribution in [3.63, 3.8) is 0 Å². The minimum Gasteiger partial charge on any atom is -0.349 e. The number of nitrogens with one attached hydrogen (secondary N) is 1. The lowest BCUT2D eigenvalue weighted by Crippen LogP contribution is -2.40. The summed E-state index contributed by atoms with van der Waals surface area (Å²) in [6.45, 7) is 7.57. The number of nitrogens with zero attached hydrogens (tertiary/aromatic N) is 4. The van der Waals surface area contributed by atoms with Crippen LogP contribution in [0.2, 0.25) is 0 Å². The number of likely N-dealkylation sites (N-methyl/N-ethyl adjacent to an activating group) is 1. The molecule has 3 rings (SSSR count). The highest BCUT2D eigenvalue weighted by Gasteiger charge is 2.23. The predicted molar refractivity (Wildman–Crippen MR) is 126 cm³/mol. The summed E-state index contributed by atoms with van der Waals surface area (Å²) in [5.74, 6) is -0.625. The van der Waals surface area contributed by atoms with E-state index in [0.29, 0.717) is 5.69 Å². The molecule has 1 N–H and O–H groups in total. The summed E-state index contributed by atoms with van der Waals surface area (Å²) in [5.41, 5.74) is 0.587. The number of hydrogen-bond donors (Lipinski definition) is 1. The van der Waals surface area contributed by atoms with E-state index in [-0.39, 0.29) is 29.7 Å². The summed E-state index contributed by atoms with van der Waals surface area (Å²) in [5, 5.41) is 18.5. The predicted octanol–water partition coefficient (Wildman–Crippen LogP) is 3.26. The summed E-state index contributed by atoms with van der Waals surface area (Å²) >= 11 is 0. The second kappa shape index (κ2) is 10.6. The standard InChI is InChI=1S/C24H27N5O4/c1-4-27(5-2)21(18-11-7-6-8-12-18)16-25-24(31)23-22(30)15-17(3)28(26-23)19-13-9-10-14-20(19)29(32)33/h6-15,21H,4-5,16H2,1-3H3,(H,25,31). The quantitative estimate of drug-likeness (QED) is 0.397. The summed E-state index contributed by atoms with van der Waals surface area (Å²) in [4.78, 5) is 38.7. The first kappa shape index (κ1) is 23.8. The maximum atomic E-state index is 13.0. The molecular weight excluding hydrogens is 422 g/mol. The van der Waals surface area contributed by atoms with Gasteiger partial charge in [-0.15, -0.1) is 0 Å². The highest BCUT2D eigenvalue weighted by molar-refractivity contribution is 5.92. The van der Waals surface area contributed by atoms with Crippen LogP contribution in [0.15, 0.2) is 65.5 Å². The third kappa shape index (κ3) is 5.32. The van der Waals surface area contributed by atoms with Gasteiger partial charge in [0.25, 0.3) is 11.6 Å². The molecule has 0 aliphatic carbocycles. The van der Waals surface area contributed by atoms with Crippen molar-refractivity contribution in [2.24, 2.45) is 0 Å². The summed E-state index contributed by atoms with van der Waals surface area (Å²) in [6.07, 6.45) is 0. The summed E-state index contributed by atoms with van der Waals surface area (Å²) in [6, 6.07) is 17.1. The van der Waals surface area contributed by atoms with Gasteiger partial charge in [0.05, 0.1) is 11.0 Å². The van der Waals surface area contributed by atoms with E-state index in [1.807, 2.05) is 44.2 Å². The van der Waals surface area contributed by atoms with E-state index in [1.165, 1.54) is 22.9 Å². The van der Waals surface area contributed by atoms with Gasteiger partial charge in [-0.05, 0) is 31.6 Å². The van der Waals surface area contributed by atoms with Crippen LogP contribution < -0.4 is 10.7 Å². The van der Waals surface area contributed by atoms with Crippen LogP contribution in [0.25, 0.3) is 5.69 Å². The van der Waals surface area contributed by atoms with Gasteiger partial charge < -0.3 is 5.32 Å². The van der Waals surface area contributed by atoms with Gasteiger partial charge in [-0.1, -0.05) is 56.3 Å². The normalized spacial score (nSPS) is 11.9. The van der Waals surface area contributed by atoms with Crippen LogP contribution in [0, 0.1) is 17.0 Å². The van der Waals surface area contributed by atoms with Gasteiger partial charge in [-0.2, -0.15) is 5.10 Å². The van der Waals surface area contributed by atoms with Gasteiger partial charge in [0.15, 0.2) is 5.69 Å². The van der Waals surface area contributed by atoms with Crippen LogP contribution in [-0.2, 0) is 0 Å². The smallest absolute Gasteiger partial charge is 0.294 e. The molecule has 0 aliphatic heterocycles. The largest absolute Gasteiger partial charge is 0.349 e. The third-order valence-electron chi connectivity index (χ3n) is 5.52. The Labute approximate surface area is 191 Å². The Morgan fingerprint density at radius 2 is 1.76 bits per heavy atom. The lowest BCUT2D eigenvalue weighted by atomic mass is 10.0. The second-order valence-electron chi connectivity index (χ2n) is 7.51. The summed E-state index contributed by atoms with van der Waals surface area (Å²) < 4.78 is 1.26. The van der Waals surface area contributed by atoms with Gasteiger partial charge in [-0.25, -0.2) is 4.68 Å². The lowest BCUT2D eigenvalue weighted by Gasteiger charge is -2.30. The van der Waals surface area contributed by atoms with Crippen LogP contribution >= 0.6 is 0 Å².